The van der Waals surface area contributed by atoms with E-state index in [9.17, 15) is 4.79 Å². The number of rotatable bonds is 8. The normalized spacial score (nSPS) is 17.3. The standard InChI is InChI=1S/C17H25NO4/c1-3-18(12-16-6-5-11-21-16)17(19)13-22-15-9-7-14(8-10-15)20-4-2/h7-10,16H,3-6,11-13H2,1-2H3. The van der Waals surface area contributed by atoms with Gasteiger partial charge >= 0.3 is 0 Å². The van der Waals surface area contributed by atoms with Crippen molar-refractivity contribution in [2.24, 2.45) is 0 Å². The van der Waals surface area contributed by atoms with Crippen molar-refractivity contribution in [2.45, 2.75) is 32.8 Å². The molecular formula is C17H25NO4. The van der Waals surface area contributed by atoms with Crippen LogP contribution < -0.4 is 9.47 Å². The van der Waals surface area contributed by atoms with Gasteiger partial charge < -0.3 is 19.1 Å². The van der Waals surface area contributed by atoms with Crippen molar-refractivity contribution in [1.29, 1.82) is 0 Å². The Hall–Kier alpha value is -1.75. The molecule has 0 aromatic heterocycles. The third kappa shape index (κ3) is 4.91. The topological polar surface area (TPSA) is 48.0 Å². The third-order valence-corrected chi connectivity index (χ3v) is 3.68. The summed E-state index contributed by atoms with van der Waals surface area (Å²) in [4.78, 5) is 14.0. The summed E-state index contributed by atoms with van der Waals surface area (Å²) >= 11 is 0. The molecule has 1 fully saturated rings. The Kier molecular flexibility index (Phi) is 6.52. The van der Waals surface area contributed by atoms with Crippen molar-refractivity contribution in [1.82, 2.24) is 4.90 Å². The lowest BCUT2D eigenvalue weighted by Gasteiger charge is -2.24. The first-order chi connectivity index (χ1) is 10.7. The minimum absolute atomic E-state index is 0.00751. The molecule has 5 heteroatoms. The molecule has 1 unspecified atom stereocenters. The van der Waals surface area contributed by atoms with Crippen LogP contribution in [-0.4, -0.2) is 49.8 Å². The Balaban J connectivity index is 1.79. The molecule has 1 aliphatic heterocycles. The van der Waals surface area contributed by atoms with Crippen LogP contribution in [-0.2, 0) is 9.53 Å². The quantitative estimate of drug-likeness (QED) is 0.740. The van der Waals surface area contributed by atoms with Crippen molar-refractivity contribution in [3.05, 3.63) is 24.3 Å². The minimum atomic E-state index is -0.00751. The lowest BCUT2D eigenvalue weighted by atomic mass is 10.2. The fourth-order valence-corrected chi connectivity index (χ4v) is 2.48. The van der Waals surface area contributed by atoms with Crippen molar-refractivity contribution < 1.29 is 19.0 Å². The maximum Gasteiger partial charge on any atom is 0.260 e. The second-order valence-corrected chi connectivity index (χ2v) is 5.26. The van der Waals surface area contributed by atoms with Crippen molar-refractivity contribution in [2.75, 3.05) is 32.9 Å². The summed E-state index contributed by atoms with van der Waals surface area (Å²) in [6.07, 6.45) is 2.29. The Bertz CT molecular complexity index is 454. The van der Waals surface area contributed by atoms with Crippen molar-refractivity contribution >= 4 is 5.91 Å². The number of benzene rings is 1. The van der Waals surface area contributed by atoms with E-state index in [2.05, 4.69) is 0 Å². The highest BCUT2D eigenvalue weighted by atomic mass is 16.5. The van der Waals surface area contributed by atoms with E-state index >= 15 is 0 Å². The molecule has 1 aliphatic rings. The second kappa shape index (κ2) is 8.63. The summed E-state index contributed by atoms with van der Waals surface area (Å²) in [6.45, 7) is 6.73. The van der Waals surface area contributed by atoms with Crippen molar-refractivity contribution in [3.8, 4) is 11.5 Å². The fraction of sp³-hybridized carbons (Fsp3) is 0.588. The van der Waals surface area contributed by atoms with E-state index in [4.69, 9.17) is 14.2 Å². The van der Waals surface area contributed by atoms with Crippen LogP contribution in [0.1, 0.15) is 26.7 Å². The summed E-state index contributed by atoms with van der Waals surface area (Å²) in [7, 11) is 0. The highest BCUT2D eigenvalue weighted by Gasteiger charge is 2.21. The van der Waals surface area contributed by atoms with E-state index in [0.717, 1.165) is 25.2 Å². The molecular weight excluding hydrogens is 282 g/mol. The van der Waals surface area contributed by atoms with Gasteiger partial charge in [0.05, 0.1) is 12.7 Å². The molecule has 0 aliphatic carbocycles. The molecule has 1 atom stereocenters. The highest BCUT2D eigenvalue weighted by Crippen LogP contribution is 2.18. The average Bonchev–Trinajstić information content (AvgIpc) is 3.05. The van der Waals surface area contributed by atoms with Crippen LogP contribution in [0, 0.1) is 0 Å². The summed E-state index contributed by atoms with van der Waals surface area (Å²) in [5.74, 6) is 1.46. The first-order valence-electron chi connectivity index (χ1n) is 7.98. The Morgan fingerprint density at radius 3 is 2.45 bits per heavy atom. The van der Waals surface area contributed by atoms with E-state index in [1.54, 1.807) is 4.90 Å². The SMILES string of the molecule is CCOc1ccc(OCC(=O)N(CC)CC2CCCO2)cc1. The molecule has 0 N–H and O–H groups in total. The van der Waals surface area contributed by atoms with Gasteiger partial charge in [0.15, 0.2) is 6.61 Å². The molecule has 0 bridgehead atoms. The molecule has 1 amide bonds. The number of hydrogen-bond acceptors (Lipinski definition) is 4. The lowest BCUT2D eigenvalue weighted by Crippen LogP contribution is -2.39. The van der Waals surface area contributed by atoms with Crippen LogP contribution in [0.4, 0.5) is 0 Å². The number of carbonyl (C=O) groups is 1. The molecule has 1 saturated heterocycles. The fourth-order valence-electron chi connectivity index (χ4n) is 2.48. The zero-order chi connectivity index (χ0) is 15.8. The van der Waals surface area contributed by atoms with Gasteiger partial charge in [0.2, 0.25) is 0 Å². The number of ether oxygens (including phenoxy) is 3. The largest absolute Gasteiger partial charge is 0.494 e. The summed E-state index contributed by atoms with van der Waals surface area (Å²) < 4.78 is 16.5. The van der Waals surface area contributed by atoms with Crippen LogP contribution in [0.15, 0.2) is 24.3 Å². The van der Waals surface area contributed by atoms with Gasteiger partial charge in [-0.3, -0.25) is 4.79 Å². The second-order valence-electron chi connectivity index (χ2n) is 5.26. The first kappa shape index (κ1) is 16.6. The van der Waals surface area contributed by atoms with Gasteiger partial charge in [-0.2, -0.15) is 0 Å². The molecule has 22 heavy (non-hydrogen) atoms. The minimum Gasteiger partial charge on any atom is -0.494 e. The number of nitrogens with zero attached hydrogens (tertiary/aromatic N) is 1. The highest BCUT2D eigenvalue weighted by molar-refractivity contribution is 5.77. The monoisotopic (exact) mass is 307 g/mol. The molecule has 2 rings (SSSR count). The van der Waals surface area contributed by atoms with Crippen LogP contribution in [0.3, 0.4) is 0 Å². The van der Waals surface area contributed by atoms with Gasteiger partial charge in [-0.05, 0) is 51.0 Å². The lowest BCUT2D eigenvalue weighted by molar-refractivity contribution is -0.134. The average molecular weight is 307 g/mol. The zero-order valence-electron chi connectivity index (χ0n) is 13.4. The van der Waals surface area contributed by atoms with Crippen molar-refractivity contribution in [3.63, 3.8) is 0 Å². The van der Waals surface area contributed by atoms with Gasteiger partial charge in [-0.25, -0.2) is 0 Å². The van der Waals surface area contributed by atoms with Crippen LogP contribution in [0.5, 0.6) is 11.5 Å². The van der Waals surface area contributed by atoms with E-state index in [1.165, 1.54) is 0 Å². The molecule has 0 spiro atoms. The molecule has 5 nitrogen and oxygen atoms in total. The number of hydrogen-bond donors (Lipinski definition) is 0. The maximum atomic E-state index is 12.2. The van der Waals surface area contributed by atoms with Crippen LogP contribution in [0.25, 0.3) is 0 Å². The molecule has 1 heterocycles. The zero-order valence-corrected chi connectivity index (χ0v) is 13.4. The van der Waals surface area contributed by atoms with Gasteiger partial charge in [-0.1, -0.05) is 0 Å². The van der Waals surface area contributed by atoms with E-state index in [0.29, 0.717) is 25.4 Å². The van der Waals surface area contributed by atoms with E-state index in [-0.39, 0.29) is 18.6 Å². The number of carbonyl (C=O) groups excluding carboxylic acids is 1. The maximum absolute atomic E-state index is 12.2. The predicted octanol–water partition coefficient (Wildman–Crippen LogP) is 2.49. The Morgan fingerprint density at radius 1 is 1.23 bits per heavy atom. The number of likely N-dealkylation sites (N-methyl/N-ethyl adjacent to an activating group) is 1. The summed E-state index contributed by atoms with van der Waals surface area (Å²) in [5, 5.41) is 0. The van der Waals surface area contributed by atoms with Crippen LogP contribution in [0.2, 0.25) is 0 Å². The number of amides is 1. The molecule has 0 radical (unpaired) electrons. The molecule has 1 aromatic carbocycles. The summed E-state index contributed by atoms with van der Waals surface area (Å²) in [5.41, 5.74) is 0. The predicted molar refractivity (Wildman–Crippen MR) is 84.3 cm³/mol. The van der Waals surface area contributed by atoms with Gasteiger partial charge in [-0.15, -0.1) is 0 Å². The smallest absolute Gasteiger partial charge is 0.260 e. The molecule has 1 aromatic rings. The van der Waals surface area contributed by atoms with Gasteiger partial charge in [0.1, 0.15) is 11.5 Å². The third-order valence-electron chi connectivity index (χ3n) is 3.68. The van der Waals surface area contributed by atoms with Gasteiger partial charge in [0, 0.05) is 19.7 Å². The molecule has 0 saturated carbocycles. The van der Waals surface area contributed by atoms with Gasteiger partial charge in [0.25, 0.3) is 5.91 Å². The first-order valence-corrected chi connectivity index (χ1v) is 7.98. The summed E-state index contributed by atoms with van der Waals surface area (Å²) in [6, 6.07) is 7.31. The molecule has 122 valence electrons. The van der Waals surface area contributed by atoms with E-state index in [1.807, 2.05) is 38.1 Å². The Labute approximate surface area is 132 Å². The van der Waals surface area contributed by atoms with Crippen LogP contribution >= 0.6 is 0 Å². The van der Waals surface area contributed by atoms with E-state index < -0.39 is 0 Å². The Morgan fingerprint density at radius 2 is 1.91 bits per heavy atom.